The average molecular weight is 444 g/mol. The maximum absolute atomic E-state index is 10.4. The number of hydrogen-bond donors (Lipinski definition) is 2. The Bertz CT molecular complexity index is 1150. The molecule has 3 aromatic carbocycles. The first-order valence-corrected chi connectivity index (χ1v) is 9.09. The van der Waals surface area contributed by atoms with Crippen LogP contribution in [0.25, 0.3) is 22.6 Å². The summed E-state index contributed by atoms with van der Waals surface area (Å²) in [6.45, 7) is 0. The van der Waals surface area contributed by atoms with Crippen molar-refractivity contribution in [2.24, 2.45) is 4.99 Å². The van der Waals surface area contributed by atoms with E-state index in [2.05, 4.69) is 25.9 Å². The van der Waals surface area contributed by atoms with Gasteiger partial charge in [0.25, 0.3) is 0 Å². The van der Waals surface area contributed by atoms with Gasteiger partial charge in [-0.25, -0.2) is 4.98 Å². The number of phenols is 2. The molecular weight excluding hydrogens is 432 g/mol. The molecule has 0 saturated carbocycles. The summed E-state index contributed by atoms with van der Waals surface area (Å²) >= 11 is 9.27. The Morgan fingerprint density at radius 2 is 1.89 bits per heavy atom. The Kier molecular flexibility index (Phi) is 4.59. The van der Waals surface area contributed by atoms with Crippen molar-refractivity contribution in [1.82, 2.24) is 4.98 Å². The maximum atomic E-state index is 10.4. The van der Waals surface area contributed by atoms with Crippen molar-refractivity contribution in [3.05, 3.63) is 69.7 Å². The molecule has 0 saturated heterocycles. The lowest BCUT2D eigenvalue weighted by molar-refractivity contribution is 0.474. The van der Waals surface area contributed by atoms with Crippen molar-refractivity contribution in [2.75, 3.05) is 0 Å². The Balaban J connectivity index is 1.66. The fraction of sp³-hybridized carbons (Fsp3) is 0. The molecule has 0 bridgehead atoms. The van der Waals surface area contributed by atoms with Crippen LogP contribution in [-0.4, -0.2) is 21.4 Å². The van der Waals surface area contributed by atoms with Gasteiger partial charge in [0, 0.05) is 22.3 Å². The molecule has 0 radical (unpaired) electrons. The third kappa shape index (κ3) is 3.54. The van der Waals surface area contributed by atoms with Gasteiger partial charge in [-0.1, -0.05) is 39.7 Å². The summed E-state index contributed by atoms with van der Waals surface area (Å²) in [6.07, 6.45) is 1.47. The molecule has 0 aliphatic carbocycles. The third-order valence-electron chi connectivity index (χ3n) is 3.92. The predicted molar refractivity (Wildman–Crippen MR) is 109 cm³/mol. The minimum absolute atomic E-state index is 0.00676. The molecule has 27 heavy (non-hydrogen) atoms. The van der Waals surface area contributed by atoms with E-state index in [1.54, 1.807) is 24.3 Å². The molecule has 5 nitrogen and oxygen atoms in total. The van der Waals surface area contributed by atoms with Gasteiger partial charge < -0.3 is 14.6 Å². The Hall–Kier alpha value is -2.83. The summed E-state index contributed by atoms with van der Waals surface area (Å²) in [5.41, 5.74) is 2.80. The Morgan fingerprint density at radius 3 is 2.67 bits per heavy atom. The topological polar surface area (TPSA) is 78.9 Å². The number of para-hydroxylation sites is 2. The first-order chi connectivity index (χ1) is 13.0. The number of nitrogens with zero attached hydrogens (tertiary/aromatic N) is 2. The standard InChI is InChI=1S/C20H12BrClN2O3/c21-12-7-11(19(26)15(22)8-12)10-23-13-5-6-14(17(25)9-13)20-24-16-3-1-2-4-18(16)27-20/h1-10,25-26H. The maximum Gasteiger partial charge on any atom is 0.231 e. The van der Waals surface area contributed by atoms with Gasteiger partial charge in [-0.05, 0) is 36.4 Å². The van der Waals surface area contributed by atoms with E-state index in [4.69, 9.17) is 16.0 Å². The van der Waals surface area contributed by atoms with Crippen LogP contribution in [-0.2, 0) is 0 Å². The smallest absolute Gasteiger partial charge is 0.231 e. The van der Waals surface area contributed by atoms with Crippen molar-refractivity contribution >= 4 is 50.5 Å². The van der Waals surface area contributed by atoms with Crippen LogP contribution in [0.3, 0.4) is 0 Å². The minimum Gasteiger partial charge on any atom is -0.507 e. The van der Waals surface area contributed by atoms with Gasteiger partial charge in [0.1, 0.15) is 17.0 Å². The second kappa shape index (κ2) is 7.06. The minimum atomic E-state index is -0.0593. The van der Waals surface area contributed by atoms with Crippen molar-refractivity contribution in [3.63, 3.8) is 0 Å². The van der Waals surface area contributed by atoms with Gasteiger partial charge in [-0.3, -0.25) is 4.99 Å². The van der Waals surface area contributed by atoms with Gasteiger partial charge in [0.2, 0.25) is 5.89 Å². The van der Waals surface area contributed by atoms with Crippen molar-refractivity contribution < 1.29 is 14.6 Å². The fourth-order valence-corrected chi connectivity index (χ4v) is 3.43. The molecule has 0 spiro atoms. The largest absolute Gasteiger partial charge is 0.507 e. The molecule has 4 rings (SSSR count). The molecule has 0 fully saturated rings. The molecule has 7 heteroatoms. The lowest BCUT2D eigenvalue weighted by Crippen LogP contribution is -1.84. The zero-order chi connectivity index (χ0) is 19.0. The monoisotopic (exact) mass is 442 g/mol. The van der Waals surface area contributed by atoms with Crippen LogP contribution in [0.15, 0.2) is 68.5 Å². The molecule has 0 amide bonds. The second-order valence-electron chi connectivity index (χ2n) is 5.77. The molecule has 134 valence electrons. The second-order valence-corrected chi connectivity index (χ2v) is 7.09. The first-order valence-electron chi connectivity index (χ1n) is 7.92. The number of halogens is 2. The molecule has 2 N–H and O–H groups in total. The third-order valence-corrected chi connectivity index (χ3v) is 4.66. The van der Waals surface area contributed by atoms with E-state index in [0.29, 0.717) is 28.3 Å². The van der Waals surface area contributed by atoms with Crippen molar-refractivity contribution in [1.29, 1.82) is 0 Å². The lowest BCUT2D eigenvalue weighted by atomic mass is 10.1. The molecule has 1 heterocycles. The quantitative estimate of drug-likeness (QED) is 0.377. The fourth-order valence-electron chi connectivity index (χ4n) is 2.60. The van der Waals surface area contributed by atoms with E-state index < -0.39 is 0 Å². The number of oxazole rings is 1. The van der Waals surface area contributed by atoms with E-state index in [1.165, 1.54) is 12.3 Å². The number of phenolic OH excluding ortho intramolecular Hbond substituents is 2. The molecule has 0 atom stereocenters. The van der Waals surface area contributed by atoms with Crippen LogP contribution in [0.5, 0.6) is 11.5 Å². The van der Waals surface area contributed by atoms with Crippen LogP contribution < -0.4 is 0 Å². The van der Waals surface area contributed by atoms with Gasteiger partial charge in [-0.2, -0.15) is 0 Å². The number of aliphatic imine (C=N–C) groups is 1. The Labute approximate surface area is 167 Å². The normalized spacial score (nSPS) is 11.5. The summed E-state index contributed by atoms with van der Waals surface area (Å²) < 4.78 is 6.41. The number of aromatic hydroxyl groups is 2. The number of hydrogen-bond acceptors (Lipinski definition) is 5. The predicted octanol–water partition coefficient (Wildman–Crippen LogP) is 6.07. The highest BCUT2D eigenvalue weighted by Gasteiger charge is 2.12. The van der Waals surface area contributed by atoms with Crippen molar-refractivity contribution in [3.8, 4) is 23.0 Å². The van der Waals surface area contributed by atoms with E-state index in [9.17, 15) is 10.2 Å². The highest BCUT2D eigenvalue weighted by molar-refractivity contribution is 9.10. The zero-order valence-corrected chi connectivity index (χ0v) is 16.1. The number of rotatable bonds is 3. The van der Waals surface area contributed by atoms with Gasteiger partial charge in [-0.15, -0.1) is 0 Å². The van der Waals surface area contributed by atoms with Gasteiger partial charge >= 0.3 is 0 Å². The van der Waals surface area contributed by atoms with E-state index >= 15 is 0 Å². The van der Waals surface area contributed by atoms with Crippen molar-refractivity contribution in [2.45, 2.75) is 0 Å². The molecule has 4 aromatic rings. The zero-order valence-electron chi connectivity index (χ0n) is 13.7. The molecule has 0 unspecified atom stereocenters. The highest BCUT2D eigenvalue weighted by atomic mass is 79.9. The van der Waals surface area contributed by atoms with Gasteiger partial charge in [0.05, 0.1) is 16.3 Å². The molecule has 0 aliphatic rings. The lowest BCUT2D eigenvalue weighted by Gasteiger charge is -2.04. The average Bonchev–Trinajstić information content (AvgIpc) is 3.07. The highest BCUT2D eigenvalue weighted by Crippen LogP contribution is 2.34. The van der Waals surface area contributed by atoms with Crippen LogP contribution in [0.2, 0.25) is 5.02 Å². The van der Waals surface area contributed by atoms with Gasteiger partial charge in [0.15, 0.2) is 5.58 Å². The summed E-state index contributed by atoms with van der Waals surface area (Å²) in [7, 11) is 0. The summed E-state index contributed by atoms with van der Waals surface area (Å²) in [6, 6.07) is 15.6. The number of aromatic nitrogens is 1. The first kappa shape index (κ1) is 17.6. The number of fused-ring (bicyclic) bond motifs is 1. The van der Waals surface area contributed by atoms with Crippen LogP contribution in [0.1, 0.15) is 5.56 Å². The summed E-state index contributed by atoms with van der Waals surface area (Å²) in [5.74, 6) is 0.268. The Morgan fingerprint density at radius 1 is 1.07 bits per heavy atom. The van der Waals surface area contributed by atoms with Crippen LogP contribution >= 0.6 is 27.5 Å². The van der Waals surface area contributed by atoms with Crippen LogP contribution in [0.4, 0.5) is 5.69 Å². The molecular formula is C20H12BrClN2O3. The van der Waals surface area contributed by atoms with Crippen LogP contribution in [0, 0.1) is 0 Å². The summed E-state index contributed by atoms with van der Waals surface area (Å²) in [4.78, 5) is 8.66. The number of benzene rings is 3. The molecule has 1 aromatic heterocycles. The van der Waals surface area contributed by atoms with E-state index in [-0.39, 0.29) is 16.5 Å². The SMILES string of the molecule is Oc1cc(N=Cc2cc(Br)cc(Cl)c2O)ccc1-c1nc2ccccc2o1. The van der Waals surface area contributed by atoms with E-state index in [0.717, 1.165) is 9.99 Å². The van der Waals surface area contributed by atoms with E-state index in [1.807, 2.05) is 24.3 Å². The molecule has 0 aliphatic heterocycles. The summed E-state index contributed by atoms with van der Waals surface area (Å²) in [5, 5.41) is 20.6.